The topological polar surface area (TPSA) is 71.0 Å². The summed E-state index contributed by atoms with van der Waals surface area (Å²) >= 11 is 0. The van der Waals surface area contributed by atoms with Crippen LogP contribution in [-0.2, 0) is 20.8 Å². The molecule has 0 spiro atoms. The third kappa shape index (κ3) is 4.10. The van der Waals surface area contributed by atoms with E-state index in [1.807, 2.05) is 0 Å². The van der Waals surface area contributed by atoms with Gasteiger partial charge in [0.2, 0.25) is 5.91 Å². The Morgan fingerprint density at radius 3 is 2.86 bits per heavy atom. The fourth-order valence-electron chi connectivity index (χ4n) is 5.07. The van der Waals surface area contributed by atoms with Crippen LogP contribution in [0.1, 0.15) is 30.4 Å². The average molecular weight is 389 g/mol. The molecule has 0 aromatic heterocycles. The van der Waals surface area contributed by atoms with Gasteiger partial charge in [-0.05, 0) is 18.9 Å². The van der Waals surface area contributed by atoms with Crippen molar-refractivity contribution in [1.29, 1.82) is 0 Å². The van der Waals surface area contributed by atoms with Crippen molar-refractivity contribution in [2.45, 2.75) is 44.4 Å². The summed E-state index contributed by atoms with van der Waals surface area (Å²) in [6.07, 6.45) is 2.08. The minimum absolute atomic E-state index is 0.0740. The lowest BCUT2D eigenvalue weighted by Crippen LogP contribution is -2.68. The predicted molar refractivity (Wildman–Crippen MR) is 106 cm³/mol. The molecule has 0 saturated carbocycles. The molecule has 0 unspecified atom stereocenters. The van der Waals surface area contributed by atoms with E-state index in [0.29, 0.717) is 45.8 Å². The van der Waals surface area contributed by atoms with Crippen molar-refractivity contribution in [2.24, 2.45) is 11.8 Å². The fraction of sp³-hybridized carbons (Fsp3) is 0.682. The lowest BCUT2D eigenvalue weighted by atomic mass is 9.66. The molecule has 1 aromatic carbocycles. The molecule has 0 bridgehead atoms. The number of rotatable bonds is 5. The van der Waals surface area contributed by atoms with Gasteiger partial charge in [-0.25, -0.2) is 0 Å². The van der Waals surface area contributed by atoms with Crippen LogP contribution in [0.25, 0.3) is 0 Å². The van der Waals surface area contributed by atoms with E-state index in [4.69, 9.17) is 9.47 Å². The Hall–Kier alpha value is -1.47. The summed E-state index contributed by atoms with van der Waals surface area (Å²) in [4.78, 5) is 14.8. The van der Waals surface area contributed by atoms with E-state index < -0.39 is 5.60 Å². The van der Waals surface area contributed by atoms with Gasteiger partial charge in [0.05, 0.1) is 18.8 Å². The Morgan fingerprint density at radius 1 is 1.25 bits per heavy atom. The number of aliphatic hydroxyl groups is 1. The second-order valence-corrected chi connectivity index (χ2v) is 8.56. The second kappa shape index (κ2) is 8.49. The number of nitrogens with one attached hydrogen (secondary N) is 1. The molecule has 1 amide bonds. The summed E-state index contributed by atoms with van der Waals surface area (Å²) in [7, 11) is 0. The van der Waals surface area contributed by atoms with Crippen LogP contribution in [0, 0.1) is 18.8 Å². The standard InChI is InChI=1S/C22H32N2O4/c1-16-2-4-17(5-3-16)12-23-21(25)6-9-24-13-18-14-28-11-8-22(18,26)19-15-27-10-7-20(19)24/h2-5,18-20,26H,6-15H2,1H3,(H,23,25)/t18-,19+,20-,22-/m0/s1. The van der Waals surface area contributed by atoms with Crippen LogP contribution in [0.2, 0.25) is 0 Å². The summed E-state index contributed by atoms with van der Waals surface area (Å²) in [6.45, 7) is 6.68. The summed E-state index contributed by atoms with van der Waals surface area (Å²) in [5, 5.41) is 14.4. The minimum Gasteiger partial charge on any atom is -0.389 e. The highest BCUT2D eigenvalue weighted by molar-refractivity contribution is 5.76. The second-order valence-electron chi connectivity index (χ2n) is 8.56. The first kappa shape index (κ1) is 19.8. The Bertz CT molecular complexity index is 680. The van der Waals surface area contributed by atoms with Gasteiger partial charge in [-0.15, -0.1) is 0 Å². The van der Waals surface area contributed by atoms with Crippen LogP contribution in [0.15, 0.2) is 24.3 Å². The first-order valence-corrected chi connectivity index (χ1v) is 10.5. The van der Waals surface area contributed by atoms with Crippen molar-refractivity contribution < 1.29 is 19.4 Å². The van der Waals surface area contributed by atoms with Crippen molar-refractivity contribution in [3.8, 4) is 0 Å². The molecule has 0 radical (unpaired) electrons. The average Bonchev–Trinajstić information content (AvgIpc) is 2.72. The van der Waals surface area contributed by atoms with E-state index in [9.17, 15) is 9.90 Å². The summed E-state index contributed by atoms with van der Waals surface area (Å²) in [5.74, 6) is 0.282. The van der Waals surface area contributed by atoms with E-state index in [2.05, 4.69) is 41.4 Å². The normalized spacial score (nSPS) is 33.0. The molecule has 4 atom stereocenters. The highest BCUT2D eigenvalue weighted by Crippen LogP contribution is 2.44. The molecule has 3 aliphatic rings. The maximum atomic E-state index is 12.4. The first-order valence-electron chi connectivity index (χ1n) is 10.5. The zero-order valence-electron chi connectivity index (χ0n) is 16.7. The number of hydrogen-bond donors (Lipinski definition) is 2. The third-order valence-corrected chi connectivity index (χ3v) is 6.80. The Morgan fingerprint density at radius 2 is 2.04 bits per heavy atom. The van der Waals surface area contributed by atoms with Crippen molar-refractivity contribution in [2.75, 3.05) is 39.5 Å². The monoisotopic (exact) mass is 388 g/mol. The van der Waals surface area contributed by atoms with E-state index in [1.165, 1.54) is 5.56 Å². The predicted octanol–water partition coefficient (Wildman–Crippen LogP) is 1.49. The maximum absolute atomic E-state index is 12.4. The van der Waals surface area contributed by atoms with E-state index >= 15 is 0 Å². The van der Waals surface area contributed by atoms with Crippen molar-refractivity contribution in [3.05, 3.63) is 35.4 Å². The van der Waals surface area contributed by atoms with Crippen molar-refractivity contribution in [3.63, 3.8) is 0 Å². The Kier molecular flexibility index (Phi) is 6.01. The number of hydrogen-bond acceptors (Lipinski definition) is 5. The lowest BCUT2D eigenvalue weighted by Gasteiger charge is -2.57. The van der Waals surface area contributed by atoms with Gasteiger partial charge in [0.25, 0.3) is 0 Å². The molecule has 0 aliphatic carbocycles. The van der Waals surface area contributed by atoms with Gasteiger partial charge >= 0.3 is 0 Å². The van der Waals surface area contributed by atoms with Gasteiger partial charge in [-0.2, -0.15) is 0 Å². The summed E-state index contributed by atoms with van der Waals surface area (Å²) < 4.78 is 11.4. The van der Waals surface area contributed by atoms with Crippen LogP contribution < -0.4 is 5.32 Å². The van der Waals surface area contributed by atoms with Gasteiger partial charge < -0.3 is 19.9 Å². The quantitative estimate of drug-likeness (QED) is 0.800. The van der Waals surface area contributed by atoms with Crippen LogP contribution in [0.3, 0.4) is 0 Å². The molecule has 4 rings (SSSR count). The Balaban J connectivity index is 1.33. The number of aryl methyl sites for hydroxylation is 1. The number of carbonyl (C=O) groups is 1. The fourth-order valence-corrected chi connectivity index (χ4v) is 5.07. The molecule has 1 aromatic rings. The molecule has 3 aliphatic heterocycles. The number of likely N-dealkylation sites (tertiary alicyclic amines) is 1. The smallest absolute Gasteiger partial charge is 0.221 e. The number of ether oxygens (including phenoxy) is 2. The number of carbonyl (C=O) groups excluding carboxylic acids is 1. The van der Waals surface area contributed by atoms with Gasteiger partial charge in [0.15, 0.2) is 0 Å². The number of nitrogens with zero attached hydrogens (tertiary/aromatic N) is 1. The van der Waals surface area contributed by atoms with Crippen LogP contribution in [-0.4, -0.2) is 67.1 Å². The molecule has 6 heteroatoms. The summed E-state index contributed by atoms with van der Waals surface area (Å²) in [6, 6.07) is 8.52. The van der Waals surface area contributed by atoms with Gasteiger partial charge in [0, 0.05) is 63.6 Å². The van der Waals surface area contributed by atoms with Crippen LogP contribution >= 0.6 is 0 Å². The van der Waals surface area contributed by atoms with E-state index in [1.54, 1.807) is 0 Å². The lowest BCUT2D eigenvalue weighted by molar-refractivity contribution is -0.219. The SMILES string of the molecule is Cc1ccc(CNC(=O)CCN2C[C@H]3COCC[C@@]3(O)[C@@H]3COCC[C@@H]32)cc1. The van der Waals surface area contributed by atoms with E-state index in [-0.39, 0.29) is 23.8 Å². The van der Waals surface area contributed by atoms with Crippen LogP contribution in [0.5, 0.6) is 0 Å². The zero-order chi connectivity index (χ0) is 19.6. The number of benzene rings is 1. The first-order chi connectivity index (χ1) is 13.6. The number of piperidine rings is 1. The third-order valence-electron chi connectivity index (χ3n) is 6.80. The molecule has 3 saturated heterocycles. The number of fused-ring (bicyclic) bond motifs is 3. The minimum atomic E-state index is -0.687. The zero-order valence-corrected chi connectivity index (χ0v) is 16.7. The molecule has 6 nitrogen and oxygen atoms in total. The van der Waals surface area contributed by atoms with Gasteiger partial charge in [-0.1, -0.05) is 29.8 Å². The Labute approximate surface area is 167 Å². The maximum Gasteiger partial charge on any atom is 0.221 e. The largest absolute Gasteiger partial charge is 0.389 e. The van der Waals surface area contributed by atoms with Gasteiger partial charge in [0.1, 0.15) is 0 Å². The van der Waals surface area contributed by atoms with Gasteiger partial charge in [-0.3, -0.25) is 9.69 Å². The van der Waals surface area contributed by atoms with Crippen molar-refractivity contribution in [1.82, 2.24) is 10.2 Å². The van der Waals surface area contributed by atoms with E-state index in [0.717, 1.165) is 25.1 Å². The molecular formula is C22H32N2O4. The molecule has 2 N–H and O–H groups in total. The van der Waals surface area contributed by atoms with Crippen LogP contribution in [0.4, 0.5) is 0 Å². The molecule has 3 heterocycles. The molecule has 154 valence electrons. The highest BCUT2D eigenvalue weighted by Gasteiger charge is 2.55. The molecular weight excluding hydrogens is 356 g/mol. The highest BCUT2D eigenvalue weighted by atomic mass is 16.5. The number of amides is 1. The molecule has 28 heavy (non-hydrogen) atoms. The molecule has 3 fully saturated rings. The van der Waals surface area contributed by atoms with Crippen molar-refractivity contribution >= 4 is 5.91 Å². The summed E-state index contributed by atoms with van der Waals surface area (Å²) in [5.41, 5.74) is 1.65.